The van der Waals surface area contributed by atoms with Crippen molar-refractivity contribution in [2.75, 3.05) is 6.54 Å². The summed E-state index contributed by atoms with van der Waals surface area (Å²) in [6.07, 6.45) is 5.19. The third kappa shape index (κ3) is 8.06. The van der Waals surface area contributed by atoms with Crippen LogP contribution in [0.5, 0.6) is 0 Å². The summed E-state index contributed by atoms with van der Waals surface area (Å²) in [7, 11) is 0. The minimum absolute atomic E-state index is 0.574. The summed E-state index contributed by atoms with van der Waals surface area (Å²) >= 11 is 3.57. The molecule has 1 nitrogen and oxygen atoms in total. The van der Waals surface area contributed by atoms with Gasteiger partial charge in [-0.2, -0.15) is 0 Å². The third-order valence-corrected chi connectivity index (χ3v) is 4.12. The smallest absolute Gasteiger partial charge is 0.0177 e. The zero-order valence-corrected chi connectivity index (χ0v) is 15.0. The normalized spacial score (nSPS) is 13.2. The van der Waals surface area contributed by atoms with E-state index < -0.39 is 0 Å². The van der Waals surface area contributed by atoms with E-state index in [1.807, 2.05) is 0 Å². The van der Waals surface area contributed by atoms with Gasteiger partial charge in [0.25, 0.3) is 0 Å². The molecule has 114 valence electrons. The Hall–Kier alpha value is -0.340. The minimum Gasteiger partial charge on any atom is -0.314 e. The highest BCUT2D eigenvalue weighted by Crippen LogP contribution is 2.19. The minimum atomic E-state index is 0.574. The van der Waals surface area contributed by atoms with Gasteiger partial charge in [0.1, 0.15) is 0 Å². The summed E-state index contributed by atoms with van der Waals surface area (Å²) in [5, 5.41) is 3.61. The Kier molecular flexibility index (Phi) is 8.47. The Morgan fingerprint density at radius 3 is 2.45 bits per heavy atom. The first kappa shape index (κ1) is 17.7. The first-order valence-corrected chi connectivity index (χ1v) is 8.74. The van der Waals surface area contributed by atoms with Crippen molar-refractivity contribution in [2.45, 2.75) is 59.4 Å². The number of hydrogen-bond donors (Lipinski definition) is 1. The second-order valence-corrected chi connectivity index (χ2v) is 7.50. The van der Waals surface area contributed by atoms with Crippen LogP contribution < -0.4 is 5.32 Å². The lowest BCUT2D eigenvalue weighted by Crippen LogP contribution is -2.30. The summed E-state index contributed by atoms with van der Waals surface area (Å²) in [6.45, 7) is 10.2. The molecule has 0 saturated heterocycles. The average molecular weight is 340 g/mol. The number of halogens is 1. The molecule has 0 radical (unpaired) electrons. The van der Waals surface area contributed by atoms with Crippen LogP contribution in [0.3, 0.4) is 0 Å². The molecule has 0 amide bonds. The Morgan fingerprint density at radius 2 is 1.85 bits per heavy atom. The van der Waals surface area contributed by atoms with E-state index in [1.54, 1.807) is 0 Å². The van der Waals surface area contributed by atoms with Crippen molar-refractivity contribution in [3.63, 3.8) is 0 Å². The van der Waals surface area contributed by atoms with Gasteiger partial charge >= 0.3 is 0 Å². The van der Waals surface area contributed by atoms with Gasteiger partial charge in [0.15, 0.2) is 0 Å². The molecule has 0 heterocycles. The van der Waals surface area contributed by atoms with E-state index in [0.717, 1.165) is 18.4 Å². The maximum Gasteiger partial charge on any atom is 0.0177 e. The van der Waals surface area contributed by atoms with E-state index in [-0.39, 0.29) is 0 Å². The van der Waals surface area contributed by atoms with E-state index >= 15 is 0 Å². The van der Waals surface area contributed by atoms with Crippen molar-refractivity contribution in [3.05, 3.63) is 34.3 Å². The van der Waals surface area contributed by atoms with E-state index in [4.69, 9.17) is 0 Å². The molecule has 0 saturated carbocycles. The molecular weight excluding hydrogens is 310 g/mol. The number of rotatable bonds is 9. The summed E-state index contributed by atoms with van der Waals surface area (Å²) in [4.78, 5) is 0. The highest BCUT2D eigenvalue weighted by molar-refractivity contribution is 9.10. The van der Waals surface area contributed by atoms with E-state index in [2.05, 4.69) is 73.2 Å². The molecule has 0 aliphatic rings. The van der Waals surface area contributed by atoms with E-state index in [0.29, 0.717) is 6.04 Å². The summed E-state index contributed by atoms with van der Waals surface area (Å²) in [5.41, 5.74) is 1.44. The first-order chi connectivity index (χ1) is 9.47. The van der Waals surface area contributed by atoms with Crippen LogP contribution in [0.1, 0.15) is 52.5 Å². The topological polar surface area (TPSA) is 12.0 Å². The van der Waals surface area contributed by atoms with Crippen molar-refractivity contribution in [2.24, 2.45) is 11.8 Å². The van der Waals surface area contributed by atoms with Crippen LogP contribution in [-0.4, -0.2) is 12.6 Å². The molecule has 0 spiro atoms. The van der Waals surface area contributed by atoms with E-state index in [9.17, 15) is 0 Å². The molecule has 1 N–H and O–H groups in total. The fourth-order valence-electron chi connectivity index (χ4n) is 2.49. The SMILES string of the molecule is CC(C)CCCC(CNC(C)C)Cc1cccc(Br)c1. The second kappa shape index (κ2) is 9.57. The lowest BCUT2D eigenvalue weighted by molar-refractivity contribution is 0.393. The third-order valence-electron chi connectivity index (χ3n) is 3.62. The molecule has 1 rings (SSSR count). The van der Waals surface area contributed by atoms with Crippen LogP contribution >= 0.6 is 15.9 Å². The maximum atomic E-state index is 3.61. The van der Waals surface area contributed by atoms with Crippen molar-refractivity contribution in [3.8, 4) is 0 Å². The van der Waals surface area contributed by atoms with E-state index in [1.165, 1.54) is 35.7 Å². The van der Waals surface area contributed by atoms with Gasteiger partial charge in [-0.15, -0.1) is 0 Å². The molecule has 1 unspecified atom stereocenters. The van der Waals surface area contributed by atoms with Crippen LogP contribution in [-0.2, 0) is 6.42 Å². The highest BCUT2D eigenvalue weighted by Gasteiger charge is 2.11. The zero-order chi connectivity index (χ0) is 15.0. The van der Waals surface area contributed by atoms with Crippen molar-refractivity contribution < 1.29 is 0 Å². The molecule has 0 aliphatic heterocycles. The Morgan fingerprint density at radius 1 is 1.10 bits per heavy atom. The molecule has 0 fully saturated rings. The van der Waals surface area contributed by atoms with Crippen molar-refractivity contribution in [1.82, 2.24) is 5.32 Å². The number of hydrogen-bond acceptors (Lipinski definition) is 1. The largest absolute Gasteiger partial charge is 0.314 e. The fraction of sp³-hybridized carbons (Fsp3) is 0.667. The fourth-order valence-corrected chi connectivity index (χ4v) is 2.94. The molecule has 1 atom stereocenters. The van der Waals surface area contributed by atoms with Gasteiger partial charge in [0.05, 0.1) is 0 Å². The zero-order valence-electron chi connectivity index (χ0n) is 13.5. The first-order valence-electron chi connectivity index (χ1n) is 7.95. The quantitative estimate of drug-likeness (QED) is 0.632. The van der Waals surface area contributed by atoms with Gasteiger partial charge in [0, 0.05) is 10.5 Å². The molecule has 0 aromatic heterocycles. The van der Waals surface area contributed by atoms with Crippen molar-refractivity contribution in [1.29, 1.82) is 0 Å². The van der Waals surface area contributed by atoms with Gasteiger partial charge in [-0.25, -0.2) is 0 Å². The second-order valence-electron chi connectivity index (χ2n) is 6.59. The molecule has 20 heavy (non-hydrogen) atoms. The molecule has 1 aromatic rings. The predicted octanol–water partition coefficient (Wildman–Crippen LogP) is 5.43. The average Bonchev–Trinajstić information content (AvgIpc) is 2.35. The van der Waals surface area contributed by atoms with Gasteiger partial charge in [0.2, 0.25) is 0 Å². The van der Waals surface area contributed by atoms with Crippen LogP contribution in [0.15, 0.2) is 28.7 Å². The van der Waals surface area contributed by atoms with Gasteiger partial charge in [-0.3, -0.25) is 0 Å². The standard InChI is InChI=1S/C18H30BrN/c1-14(2)7-5-9-17(13-20-15(3)4)11-16-8-6-10-18(19)12-16/h6,8,10,12,14-15,17,20H,5,7,9,11,13H2,1-4H3. The lowest BCUT2D eigenvalue weighted by atomic mass is 9.92. The van der Waals surface area contributed by atoms with Gasteiger partial charge < -0.3 is 5.32 Å². The highest BCUT2D eigenvalue weighted by atomic mass is 79.9. The lowest BCUT2D eigenvalue weighted by Gasteiger charge is -2.20. The maximum absolute atomic E-state index is 3.61. The number of benzene rings is 1. The Bertz CT molecular complexity index is 373. The molecule has 2 heteroatoms. The van der Waals surface area contributed by atoms with Crippen LogP contribution in [0.2, 0.25) is 0 Å². The number of nitrogens with one attached hydrogen (secondary N) is 1. The Balaban J connectivity index is 2.52. The summed E-state index contributed by atoms with van der Waals surface area (Å²) < 4.78 is 1.19. The molecular formula is C18H30BrN. The molecule has 1 aromatic carbocycles. The van der Waals surface area contributed by atoms with Gasteiger partial charge in [-0.1, -0.05) is 68.6 Å². The Labute approximate surface area is 133 Å². The van der Waals surface area contributed by atoms with Crippen LogP contribution in [0, 0.1) is 11.8 Å². The monoisotopic (exact) mass is 339 g/mol. The van der Waals surface area contributed by atoms with Crippen molar-refractivity contribution >= 4 is 15.9 Å². The molecule has 0 aliphatic carbocycles. The molecule has 0 bridgehead atoms. The van der Waals surface area contributed by atoms with Crippen LogP contribution in [0.25, 0.3) is 0 Å². The summed E-state index contributed by atoms with van der Waals surface area (Å²) in [5.74, 6) is 1.56. The predicted molar refractivity (Wildman–Crippen MR) is 93.2 cm³/mol. The summed E-state index contributed by atoms with van der Waals surface area (Å²) in [6, 6.07) is 9.31. The van der Waals surface area contributed by atoms with Gasteiger partial charge in [-0.05, 0) is 48.9 Å². The van der Waals surface area contributed by atoms with Crippen LogP contribution in [0.4, 0.5) is 0 Å².